The van der Waals surface area contributed by atoms with Crippen LogP contribution in [0.5, 0.6) is 0 Å². The summed E-state index contributed by atoms with van der Waals surface area (Å²) < 4.78 is 62.2. The van der Waals surface area contributed by atoms with Crippen LogP contribution in [0.1, 0.15) is 15.9 Å². The fraction of sp³-hybridized carbons (Fsp3) is 0. The molecule has 0 amide bonds. The van der Waals surface area contributed by atoms with Crippen LogP contribution in [0.3, 0.4) is 0 Å². The first kappa shape index (κ1) is 25.2. The van der Waals surface area contributed by atoms with Gasteiger partial charge in [0, 0.05) is 11.1 Å². The molecule has 0 aliphatic heterocycles. The van der Waals surface area contributed by atoms with Crippen LogP contribution in [0.4, 0.5) is 0 Å². The van der Waals surface area contributed by atoms with E-state index >= 15 is 0 Å². The third kappa shape index (κ3) is 6.74. The van der Waals surface area contributed by atoms with Crippen molar-refractivity contribution < 1.29 is 30.7 Å². The number of hydrogen-bond acceptors (Lipinski definition) is 5. The van der Waals surface area contributed by atoms with Crippen molar-refractivity contribution in [3.05, 3.63) is 59.7 Å². The van der Waals surface area contributed by atoms with Crippen LogP contribution < -0.4 is 0 Å². The first-order valence-corrected chi connectivity index (χ1v) is 8.67. The van der Waals surface area contributed by atoms with Crippen molar-refractivity contribution >= 4 is 129 Å². The van der Waals surface area contributed by atoms with E-state index in [2.05, 4.69) is 0 Å². The first-order valence-electron chi connectivity index (χ1n) is 5.79. The fourth-order valence-corrected chi connectivity index (χ4v) is 2.82. The molecule has 7 nitrogen and oxygen atoms in total. The molecule has 0 bridgehead atoms. The number of rotatable bonds is 4. The summed E-state index contributed by atoms with van der Waals surface area (Å²) in [5.74, 6) is -0.656. The van der Waals surface area contributed by atoms with Crippen LogP contribution in [-0.2, 0) is 20.2 Å². The molecule has 0 fully saturated rings. The predicted molar refractivity (Wildman–Crippen MR) is 90.2 cm³/mol. The SMILES string of the molecule is O=C(c1cccc(S(=O)(=O)O)c1)c1cccc(S(=O)(=O)O)c1.[KH].[KH]. The van der Waals surface area contributed by atoms with Gasteiger partial charge in [0.15, 0.2) is 5.78 Å². The van der Waals surface area contributed by atoms with Crippen molar-refractivity contribution in [1.29, 1.82) is 0 Å². The van der Waals surface area contributed by atoms with Crippen molar-refractivity contribution in [3.8, 4) is 0 Å². The van der Waals surface area contributed by atoms with E-state index < -0.39 is 35.8 Å². The van der Waals surface area contributed by atoms with Gasteiger partial charge in [-0.25, -0.2) is 0 Å². The van der Waals surface area contributed by atoms with Gasteiger partial charge in [-0.05, 0) is 24.3 Å². The summed E-state index contributed by atoms with van der Waals surface area (Å²) in [6.45, 7) is 0. The molecule has 0 aliphatic rings. The Hall–Kier alpha value is 1.20. The van der Waals surface area contributed by atoms with Gasteiger partial charge in [-0.3, -0.25) is 13.9 Å². The Bertz CT molecular complexity index is 876. The molecule has 2 N–H and O–H groups in total. The zero-order valence-corrected chi connectivity index (χ0v) is 12.5. The average molecular weight is 423 g/mol. The number of carbonyl (C=O) groups is 1. The number of benzene rings is 2. The Balaban J connectivity index is 0.00000264. The van der Waals surface area contributed by atoms with E-state index in [4.69, 9.17) is 9.11 Å². The Labute approximate surface area is 224 Å². The standard InChI is InChI=1S/C13H10O7S2.2K.2H/c14-13(9-3-1-5-11(7-9)21(15,16)17)10-4-2-6-12(8-10)22(18,19)20;;;;/h1-8H,(H,15,16,17)(H,18,19,20);;;;. The quantitative estimate of drug-likeness (QED) is 0.407. The molecule has 0 heterocycles. The van der Waals surface area contributed by atoms with Gasteiger partial charge in [0.2, 0.25) is 0 Å². The molecule has 0 saturated carbocycles. The third-order valence-corrected chi connectivity index (χ3v) is 4.49. The Morgan fingerprint density at radius 3 is 1.33 bits per heavy atom. The summed E-state index contributed by atoms with van der Waals surface area (Å²) >= 11 is 0. The van der Waals surface area contributed by atoms with Crippen LogP contribution in [-0.4, -0.2) is 134 Å². The van der Waals surface area contributed by atoms with E-state index in [1.807, 2.05) is 0 Å². The normalized spacial score (nSPS) is 11.1. The maximum atomic E-state index is 12.3. The van der Waals surface area contributed by atoms with Crippen LogP contribution in [0, 0.1) is 0 Å². The second-order valence-corrected chi connectivity index (χ2v) is 7.18. The van der Waals surface area contributed by atoms with Crippen molar-refractivity contribution in [3.63, 3.8) is 0 Å². The topological polar surface area (TPSA) is 126 Å². The number of hydrogen-bond donors (Lipinski definition) is 2. The molecule has 0 radical (unpaired) electrons. The summed E-state index contributed by atoms with van der Waals surface area (Å²) in [4.78, 5) is 11.3. The molecule has 11 heteroatoms. The van der Waals surface area contributed by atoms with Crippen molar-refractivity contribution in [2.45, 2.75) is 9.79 Å². The molecule has 24 heavy (non-hydrogen) atoms. The Kier molecular flexibility index (Phi) is 10.4. The van der Waals surface area contributed by atoms with Crippen LogP contribution in [0.2, 0.25) is 0 Å². The summed E-state index contributed by atoms with van der Waals surface area (Å²) in [7, 11) is -8.92. The summed E-state index contributed by atoms with van der Waals surface area (Å²) in [5.41, 5.74) is -0.106. The van der Waals surface area contributed by atoms with Crippen LogP contribution in [0.15, 0.2) is 58.3 Å². The summed E-state index contributed by atoms with van der Waals surface area (Å²) in [6.07, 6.45) is 0. The molecule has 0 saturated heterocycles. The van der Waals surface area contributed by atoms with E-state index in [0.717, 1.165) is 24.3 Å². The minimum absolute atomic E-state index is 0. The van der Waals surface area contributed by atoms with Gasteiger partial charge in [0.25, 0.3) is 20.2 Å². The summed E-state index contributed by atoms with van der Waals surface area (Å²) in [6, 6.07) is 9.33. The number of ketones is 1. The molecule has 0 aromatic heterocycles. The molecular formula is C13H12K2O7S2. The van der Waals surface area contributed by atoms with Gasteiger partial charge in [-0.15, -0.1) is 0 Å². The predicted octanol–water partition coefficient (Wildman–Crippen LogP) is 0.114. The molecule has 2 aromatic carbocycles. The van der Waals surface area contributed by atoms with Gasteiger partial charge < -0.3 is 0 Å². The molecule has 2 aromatic rings. The van der Waals surface area contributed by atoms with E-state index in [1.54, 1.807) is 0 Å². The van der Waals surface area contributed by atoms with Gasteiger partial charge in [0.05, 0.1) is 9.79 Å². The van der Waals surface area contributed by atoms with Gasteiger partial charge in [-0.1, -0.05) is 24.3 Å². The molecular weight excluding hydrogens is 410 g/mol. The second kappa shape index (κ2) is 9.94. The van der Waals surface area contributed by atoms with Crippen LogP contribution >= 0.6 is 0 Å². The minimum atomic E-state index is -4.46. The summed E-state index contributed by atoms with van der Waals surface area (Å²) in [5, 5.41) is 0. The Morgan fingerprint density at radius 2 is 1.04 bits per heavy atom. The molecule has 120 valence electrons. The second-order valence-electron chi connectivity index (χ2n) is 4.33. The molecule has 0 unspecified atom stereocenters. The fourth-order valence-electron chi connectivity index (χ4n) is 1.76. The van der Waals surface area contributed by atoms with E-state index in [9.17, 15) is 21.6 Å². The Morgan fingerprint density at radius 1 is 0.708 bits per heavy atom. The van der Waals surface area contributed by atoms with Crippen LogP contribution in [0.25, 0.3) is 0 Å². The van der Waals surface area contributed by atoms with E-state index in [0.29, 0.717) is 0 Å². The molecule has 0 atom stereocenters. The van der Waals surface area contributed by atoms with E-state index in [-0.39, 0.29) is 114 Å². The van der Waals surface area contributed by atoms with Crippen molar-refractivity contribution in [2.75, 3.05) is 0 Å². The molecule has 0 aliphatic carbocycles. The zero-order chi connectivity index (χ0) is 16.5. The van der Waals surface area contributed by atoms with Crippen molar-refractivity contribution in [1.82, 2.24) is 0 Å². The van der Waals surface area contributed by atoms with Gasteiger partial charge >= 0.3 is 103 Å². The molecule has 2 rings (SSSR count). The van der Waals surface area contributed by atoms with Gasteiger partial charge in [0.1, 0.15) is 0 Å². The first-order chi connectivity index (χ1) is 10.1. The van der Waals surface area contributed by atoms with E-state index in [1.165, 1.54) is 24.3 Å². The third-order valence-electron chi connectivity index (χ3n) is 2.79. The monoisotopic (exact) mass is 422 g/mol. The average Bonchev–Trinajstić information content (AvgIpc) is 2.45. The van der Waals surface area contributed by atoms with Gasteiger partial charge in [-0.2, -0.15) is 16.8 Å². The molecule has 0 spiro atoms. The maximum absolute atomic E-state index is 12.3. The number of carbonyl (C=O) groups excluding carboxylic acids is 1. The zero-order valence-electron chi connectivity index (χ0n) is 10.9. The van der Waals surface area contributed by atoms with Crippen molar-refractivity contribution in [2.24, 2.45) is 0 Å².